The van der Waals surface area contributed by atoms with Gasteiger partial charge in [-0.3, -0.25) is 4.90 Å². The van der Waals surface area contributed by atoms with E-state index in [4.69, 9.17) is 33.7 Å². The molecule has 0 amide bonds. The summed E-state index contributed by atoms with van der Waals surface area (Å²) in [5, 5.41) is 10.8. The van der Waals surface area contributed by atoms with Gasteiger partial charge in [0.25, 0.3) is 0 Å². The number of nitrogens with two attached hydrogens (primary N) is 1. The fraction of sp³-hybridized carbons (Fsp3) is 0.538. The molecule has 0 aromatic heterocycles. The largest absolute Gasteiger partial charge is 0.491 e. The molecule has 0 radical (unpaired) electrons. The zero-order valence-electron chi connectivity index (χ0n) is 10.6. The van der Waals surface area contributed by atoms with E-state index in [0.717, 1.165) is 19.5 Å². The number of ether oxygens (including phenoxy) is 1. The first-order chi connectivity index (χ1) is 9.04. The predicted octanol–water partition coefficient (Wildman–Crippen LogP) is 1.77. The van der Waals surface area contributed by atoms with Crippen LogP contribution in [0.25, 0.3) is 0 Å². The lowest BCUT2D eigenvalue weighted by atomic mass is 10.3. The molecule has 1 aliphatic rings. The maximum absolute atomic E-state index is 9.91. The average Bonchev–Trinajstić information content (AvgIpc) is 2.76. The smallest absolute Gasteiger partial charge is 0.121 e. The van der Waals surface area contributed by atoms with Gasteiger partial charge in [0.15, 0.2) is 0 Å². The molecule has 0 bridgehead atoms. The first kappa shape index (κ1) is 14.9. The van der Waals surface area contributed by atoms with Crippen molar-refractivity contribution in [1.29, 1.82) is 0 Å². The third kappa shape index (κ3) is 4.51. The maximum Gasteiger partial charge on any atom is 0.121 e. The molecule has 1 fully saturated rings. The highest BCUT2D eigenvalue weighted by Gasteiger charge is 2.21. The monoisotopic (exact) mass is 304 g/mol. The van der Waals surface area contributed by atoms with Crippen molar-refractivity contribution >= 4 is 23.2 Å². The van der Waals surface area contributed by atoms with Gasteiger partial charge < -0.3 is 15.6 Å². The molecule has 2 rings (SSSR count). The highest BCUT2D eigenvalue weighted by atomic mass is 35.5. The summed E-state index contributed by atoms with van der Waals surface area (Å²) in [5.74, 6) is 0.603. The molecule has 1 aromatic rings. The van der Waals surface area contributed by atoms with Gasteiger partial charge in [-0.15, -0.1) is 0 Å². The van der Waals surface area contributed by atoms with Gasteiger partial charge in [-0.05, 0) is 25.1 Å². The maximum atomic E-state index is 9.91. The van der Waals surface area contributed by atoms with Crippen LogP contribution in [0.3, 0.4) is 0 Å². The Morgan fingerprint density at radius 3 is 2.84 bits per heavy atom. The van der Waals surface area contributed by atoms with Gasteiger partial charge in [0, 0.05) is 25.2 Å². The molecular formula is C13H18Cl2N2O2. The molecule has 0 saturated carbocycles. The summed E-state index contributed by atoms with van der Waals surface area (Å²) in [6.45, 7) is 2.58. The molecule has 4 nitrogen and oxygen atoms in total. The summed E-state index contributed by atoms with van der Waals surface area (Å²) in [6, 6.07) is 5.27. The van der Waals surface area contributed by atoms with Crippen LogP contribution in [0.15, 0.2) is 18.2 Å². The Labute approximate surface area is 123 Å². The summed E-state index contributed by atoms with van der Waals surface area (Å²) in [6.07, 6.45) is 0.445. The summed E-state index contributed by atoms with van der Waals surface area (Å²) < 4.78 is 5.49. The minimum Gasteiger partial charge on any atom is -0.491 e. The van der Waals surface area contributed by atoms with Crippen molar-refractivity contribution in [3.8, 4) is 5.75 Å². The average molecular weight is 305 g/mol. The van der Waals surface area contributed by atoms with E-state index in [1.54, 1.807) is 18.2 Å². The zero-order chi connectivity index (χ0) is 13.8. The fourth-order valence-corrected chi connectivity index (χ4v) is 2.43. The SMILES string of the molecule is NC1CCN(CC(O)COc2ccc(Cl)c(Cl)c2)C1. The normalized spacial score (nSPS) is 21.6. The van der Waals surface area contributed by atoms with E-state index >= 15 is 0 Å². The van der Waals surface area contributed by atoms with Crippen LogP contribution < -0.4 is 10.5 Å². The second-order valence-electron chi connectivity index (χ2n) is 4.85. The van der Waals surface area contributed by atoms with Crippen LogP contribution in [0.1, 0.15) is 6.42 Å². The number of rotatable bonds is 5. The van der Waals surface area contributed by atoms with Gasteiger partial charge in [-0.2, -0.15) is 0 Å². The minimum atomic E-state index is -0.542. The number of aliphatic hydroxyl groups excluding tert-OH is 1. The number of aliphatic hydroxyl groups is 1. The number of hydrogen-bond acceptors (Lipinski definition) is 4. The lowest BCUT2D eigenvalue weighted by Gasteiger charge is -2.20. The molecule has 1 aliphatic heterocycles. The zero-order valence-corrected chi connectivity index (χ0v) is 12.1. The van der Waals surface area contributed by atoms with E-state index < -0.39 is 6.10 Å². The summed E-state index contributed by atoms with van der Waals surface area (Å²) in [5.41, 5.74) is 5.81. The molecule has 106 valence electrons. The number of hydrogen-bond donors (Lipinski definition) is 2. The Kier molecular flexibility index (Phi) is 5.30. The number of β-amino-alcohol motifs (C(OH)–C–C–N with tert-alkyl or cyclic N) is 1. The van der Waals surface area contributed by atoms with Crippen LogP contribution in [0.4, 0.5) is 0 Å². The third-order valence-corrected chi connectivity index (χ3v) is 3.85. The van der Waals surface area contributed by atoms with Crippen molar-refractivity contribution in [2.75, 3.05) is 26.2 Å². The van der Waals surface area contributed by atoms with Crippen LogP contribution in [0.5, 0.6) is 5.75 Å². The Morgan fingerprint density at radius 2 is 2.21 bits per heavy atom. The van der Waals surface area contributed by atoms with Crippen LogP contribution >= 0.6 is 23.2 Å². The van der Waals surface area contributed by atoms with Crippen molar-refractivity contribution in [2.24, 2.45) is 5.73 Å². The van der Waals surface area contributed by atoms with E-state index in [9.17, 15) is 5.11 Å². The summed E-state index contributed by atoms with van der Waals surface area (Å²) >= 11 is 11.7. The van der Waals surface area contributed by atoms with Crippen LogP contribution in [-0.2, 0) is 0 Å². The Bertz CT molecular complexity index is 431. The van der Waals surface area contributed by atoms with Crippen molar-refractivity contribution in [2.45, 2.75) is 18.6 Å². The van der Waals surface area contributed by atoms with Gasteiger partial charge in [-0.1, -0.05) is 23.2 Å². The van der Waals surface area contributed by atoms with E-state index in [-0.39, 0.29) is 12.6 Å². The second-order valence-corrected chi connectivity index (χ2v) is 5.66. The minimum absolute atomic E-state index is 0.225. The van der Waals surface area contributed by atoms with Crippen LogP contribution in [0, 0.1) is 0 Å². The highest BCUT2D eigenvalue weighted by molar-refractivity contribution is 6.42. The van der Waals surface area contributed by atoms with Crippen molar-refractivity contribution in [3.05, 3.63) is 28.2 Å². The Hall–Kier alpha value is -0.520. The molecule has 1 heterocycles. The number of halogens is 2. The number of nitrogens with zero attached hydrogens (tertiary/aromatic N) is 1. The Morgan fingerprint density at radius 1 is 1.42 bits per heavy atom. The number of likely N-dealkylation sites (tertiary alicyclic amines) is 1. The van der Waals surface area contributed by atoms with Crippen LogP contribution in [-0.4, -0.2) is 48.4 Å². The quantitative estimate of drug-likeness (QED) is 0.870. The van der Waals surface area contributed by atoms with Crippen molar-refractivity contribution in [1.82, 2.24) is 4.90 Å². The first-order valence-corrected chi connectivity index (χ1v) is 7.04. The molecule has 3 N–H and O–H groups in total. The van der Waals surface area contributed by atoms with Crippen molar-refractivity contribution < 1.29 is 9.84 Å². The van der Waals surface area contributed by atoms with E-state index in [1.165, 1.54) is 0 Å². The topological polar surface area (TPSA) is 58.7 Å². The summed E-state index contributed by atoms with van der Waals surface area (Å²) in [4.78, 5) is 2.15. The standard InChI is InChI=1S/C13H18Cl2N2O2/c14-12-2-1-11(5-13(12)15)19-8-10(18)7-17-4-3-9(16)6-17/h1-2,5,9-10,18H,3-4,6-8,16H2. The third-order valence-electron chi connectivity index (χ3n) is 3.11. The lowest BCUT2D eigenvalue weighted by Crippen LogP contribution is -2.35. The van der Waals surface area contributed by atoms with Gasteiger partial charge in [-0.25, -0.2) is 0 Å². The second kappa shape index (κ2) is 6.77. The molecular weight excluding hydrogens is 287 g/mol. The molecule has 1 saturated heterocycles. The lowest BCUT2D eigenvalue weighted by molar-refractivity contribution is 0.0755. The highest BCUT2D eigenvalue weighted by Crippen LogP contribution is 2.26. The molecule has 6 heteroatoms. The van der Waals surface area contributed by atoms with E-state index in [0.29, 0.717) is 22.3 Å². The predicted molar refractivity (Wildman–Crippen MR) is 77.0 cm³/mol. The molecule has 1 aromatic carbocycles. The fourth-order valence-electron chi connectivity index (χ4n) is 2.14. The molecule has 2 unspecified atom stereocenters. The molecule has 19 heavy (non-hydrogen) atoms. The van der Waals surface area contributed by atoms with Crippen LogP contribution in [0.2, 0.25) is 10.0 Å². The molecule has 0 aliphatic carbocycles. The van der Waals surface area contributed by atoms with Gasteiger partial charge in [0.05, 0.1) is 10.0 Å². The number of benzene rings is 1. The van der Waals surface area contributed by atoms with Gasteiger partial charge in [0.2, 0.25) is 0 Å². The van der Waals surface area contributed by atoms with Gasteiger partial charge >= 0.3 is 0 Å². The van der Waals surface area contributed by atoms with Gasteiger partial charge in [0.1, 0.15) is 18.5 Å². The Balaban J connectivity index is 1.76. The van der Waals surface area contributed by atoms with E-state index in [1.807, 2.05) is 0 Å². The summed E-state index contributed by atoms with van der Waals surface area (Å²) in [7, 11) is 0. The molecule has 2 atom stereocenters. The van der Waals surface area contributed by atoms with Crippen molar-refractivity contribution in [3.63, 3.8) is 0 Å². The molecule has 0 spiro atoms. The first-order valence-electron chi connectivity index (χ1n) is 6.28. The van der Waals surface area contributed by atoms with E-state index in [2.05, 4.69) is 4.90 Å².